The van der Waals surface area contributed by atoms with Crippen molar-refractivity contribution in [3.8, 4) is 0 Å². The van der Waals surface area contributed by atoms with Crippen LogP contribution in [0.4, 0.5) is 11.6 Å². The van der Waals surface area contributed by atoms with Crippen LogP contribution in [0.15, 0.2) is 6.07 Å². The van der Waals surface area contributed by atoms with Crippen LogP contribution in [-0.4, -0.2) is 16.0 Å². The first kappa shape index (κ1) is 13.1. The van der Waals surface area contributed by atoms with Crippen molar-refractivity contribution < 1.29 is 0 Å². The lowest BCUT2D eigenvalue weighted by atomic mass is 9.98. The fourth-order valence-corrected chi connectivity index (χ4v) is 2.58. The highest BCUT2D eigenvalue weighted by molar-refractivity contribution is 5.45. The van der Waals surface area contributed by atoms with E-state index in [0.29, 0.717) is 23.7 Å². The van der Waals surface area contributed by atoms with Crippen LogP contribution in [0.1, 0.15) is 52.3 Å². The molecule has 1 aliphatic carbocycles. The molecule has 4 heteroatoms. The summed E-state index contributed by atoms with van der Waals surface area (Å²) in [5.74, 6) is 4.01. The number of nitrogens with one attached hydrogen (secondary N) is 1. The third kappa shape index (κ3) is 2.74. The highest BCUT2D eigenvalue weighted by atomic mass is 15.1. The summed E-state index contributed by atoms with van der Waals surface area (Å²) in [5.41, 5.74) is 5.84. The van der Waals surface area contributed by atoms with Gasteiger partial charge in [-0.25, -0.2) is 9.97 Å². The molecule has 1 saturated carbocycles. The van der Waals surface area contributed by atoms with Crippen molar-refractivity contribution in [1.82, 2.24) is 9.97 Å². The summed E-state index contributed by atoms with van der Waals surface area (Å²) in [7, 11) is 0. The zero-order chi connectivity index (χ0) is 13.3. The van der Waals surface area contributed by atoms with E-state index in [9.17, 15) is 0 Å². The summed E-state index contributed by atoms with van der Waals surface area (Å²) in [6.07, 6.45) is 2.50. The van der Waals surface area contributed by atoms with Crippen molar-refractivity contribution >= 4 is 11.6 Å². The normalized spacial score (nSPS) is 27.7. The quantitative estimate of drug-likeness (QED) is 0.863. The lowest BCUT2D eigenvalue weighted by molar-refractivity contribution is 0.435. The first-order valence-electron chi connectivity index (χ1n) is 6.88. The molecule has 18 heavy (non-hydrogen) atoms. The molecule has 0 saturated heterocycles. The van der Waals surface area contributed by atoms with Crippen molar-refractivity contribution in [3.05, 3.63) is 11.9 Å². The van der Waals surface area contributed by atoms with Crippen LogP contribution in [0.2, 0.25) is 0 Å². The molecule has 0 aliphatic heterocycles. The van der Waals surface area contributed by atoms with E-state index < -0.39 is 0 Å². The Morgan fingerprint density at radius 2 is 2.00 bits per heavy atom. The molecule has 1 aromatic rings. The van der Waals surface area contributed by atoms with Crippen LogP contribution in [0.25, 0.3) is 0 Å². The number of hydrogen-bond acceptors (Lipinski definition) is 4. The second kappa shape index (κ2) is 5.12. The molecule has 0 spiro atoms. The third-order valence-corrected chi connectivity index (χ3v) is 4.08. The molecule has 3 N–H and O–H groups in total. The Labute approximate surface area is 109 Å². The van der Waals surface area contributed by atoms with Gasteiger partial charge in [0.25, 0.3) is 0 Å². The number of aromatic nitrogens is 2. The first-order chi connectivity index (χ1) is 8.47. The van der Waals surface area contributed by atoms with E-state index in [1.807, 2.05) is 6.07 Å². The Kier molecular flexibility index (Phi) is 3.73. The van der Waals surface area contributed by atoms with Crippen LogP contribution in [0, 0.1) is 11.8 Å². The van der Waals surface area contributed by atoms with Crippen LogP contribution in [0.3, 0.4) is 0 Å². The van der Waals surface area contributed by atoms with E-state index in [1.54, 1.807) is 0 Å². The molecule has 0 aromatic carbocycles. The molecule has 0 amide bonds. The van der Waals surface area contributed by atoms with Crippen LogP contribution < -0.4 is 11.1 Å². The molecule has 4 nitrogen and oxygen atoms in total. The van der Waals surface area contributed by atoms with Gasteiger partial charge in [-0.1, -0.05) is 27.7 Å². The first-order valence-corrected chi connectivity index (χ1v) is 6.88. The van der Waals surface area contributed by atoms with Gasteiger partial charge in [0.1, 0.15) is 17.5 Å². The molecule has 1 fully saturated rings. The predicted molar refractivity (Wildman–Crippen MR) is 75.5 cm³/mol. The van der Waals surface area contributed by atoms with Crippen molar-refractivity contribution in [1.29, 1.82) is 0 Å². The standard InChI is InChI=1S/C14H24N4/c1-8(2)14-17-12(15)7-13(18-14)16-11-6-5-9(3)10(11)4/h7-11H,5-6H2,1-4H3,(H3,15,16,17,18). The van der Waals surface area contributed by atoms with Crippen molar-refractivity contribution in [2.75, 3.05) is 11.1 Å². The zero-order valence-corrected chi connectivity index (χ0v) is 11.8. The number of nitrogens with two attached hydrogens (primary N) is 1. The summed E-state index contributed by atoms with van der Waals surface area (Å²) >= 11 is 0. The third-order valence-electron chi connectivity index (χ3n) is 4.08. The van der Waals surface area contributed by atoms with Crippen molar-refractivity contribution in [2.45, 2.75) is 52.5 Å². The fourth-order valence-electron chi connectivity index (χ4n) is 2.58. The summed E-state index contributed by atoms with van der Waals surface area (Å²) in [5, 5.41) is 3.53. The Morgan fingerprint density at radius 1 is 1.28 bits per heavy atom. The van der Waals surface area contributed by atoms with Gasteiger partial charge in [-0.05, 0) is 24.7 Å². The van der Waals surface area contributed by atoms with Gasteiger partial charge < -0.3 is 11.1 Å². The minimum absolute atomic E-state index is 0.300. The maximum Gasteiger partial charge on any atom is 0.135 e. The summed E-state index contributed by atoms with van der Waals surface area (Å²) in [6.45, 7) is 8.79. The number of nitrogen functional groups attached to an aromatic ring is 1. The fraction of sp³-hybridized carbons (Fsp3) is 0.714. The van der Waals surface area contributed by atoms with Gasteiger partial charge >= 0.3 is 0 Å². The lowest BCUT2D eigenvalue weighted by Gasteiger charge is -2.20. The Bertz CT molecular complexity index is 416. The van der Waals surface area contributed by atoms with E-state index in [1.165, 1.54) is 12.8 Å². The topological polar surface area (TPSA) is 63.8 Å². The molecular weight excluding hydrogens is 224 g/mol. The minimum Gasteiger partial charge on any atom is -0.384 e. The second-order valence-corrected chi connectivity index (χ2v) is 5.86. The molecule has 1 heterocycles. The van der Waals surface area contributed by atoms with Gasteiger partial charge in [0.05, 0.1) is 0 Å². The minimum atomic E-state index is 0.300. The highest BCUT2D eigenvalue weighted by Crippen LogP contribution is 2.33. The van der Waals surface area contributed by atoms with Crippen molar-refractivity contribution in [3.63, 3.8) is 0 Å². The second-order valence-electron chi connectivity index (χ2n) is 5.86. The van der Waals surface area contributed by atoms with E-state index in [-0.39, 0.29) is 0 Å². The average molecular weight is 248 g/mol. The summed E-state index contributed by atoms with van der Waals surface area (Å²) < 4.78 is 0. The Morgan fingerprint density at radius 3 is 2.56 bits per heavy atom. The van der Waals surface area contributed by atoms with Gasteiger partial charge in [-0.2, -0.15) is 0 Å². The van der Waals surface area contributed by atoms with E-state index in [0.717, 1.165) is 17.6 Å². The van der Waals surface area contributed by atoms with Gasteiger partial charge in [0, 0.05) is 18.0 Å². The molecular formula is C14H24N4. The maximum absolute atomic E-state index is 5.84. The van der Waals surface area contributed by atoms with Gasteiger partial charge in [0.2, 0.25) is 0 Å². The molecule has 3 atom stereocenters. The maximum atomic E-state index is 5.84. The number of nitrogens with zero attached hydrogens (tertiary/aromatic N) is 2. The molecule has 0 bridgehead atoms. The van der Waals surface area contributed by atoms with Gasteiger partial charge in [-0.3, -0.25) is 0 Å². The Balaban J connectivity index is 2.14. The van der Waals surface area contributed by atoms with Crippen LogP contribution >= 0.6 is 0 Å². The molecule has 3 unspecified atom stereocenters. The zero-order valence-electron chi connectivity index (χ0n) is 11.8. The van der Waals surface area contributed by atoms with Gasteiger partial charge in [-0.15, -0.1) is 0 Å². The lowest BCUT2D eigenvalue weighted by Crippen LogP contribution is -2.25. The molecule has 1 aromatic heterocycles. The number of rotatable bonds is 3. The highest BCUT2D eigenvalue weighted by Gasteiger charge is 2.29. The molecule has 2 rings (SSSR count). The number of hydrogen-bond donors (Lipinski definition) is 2. The van der Waals surface area contributed by atoms with Gasteiger partial charge in [0.15, 0.2) is 0 Å². The van der Waals surface area contributed by atoms with Crippen LogP contribution in [0.5, 0.6) is 0 Å². The molecule has 1 aliphatic rings. The van der Waals surface area contributed by atoms with E-state index in [4.69, 9.17) is 5.73 Å². The summed E-state index contributed by atoms with van der Waals surface area (Å²) in [6, 6.07) is 2.34. The number of anilines is 2. The Hall–Kier alpha value is -1.32. The van der Waals surface area contributed by atoms with Crippen LogP contribution in [-0.2, 0) is 0 Å². The smallest absolute Gasteiger partial charge is 0.135 e. The summed E-state index contributed by atoms with van der Waals surface area (Å²) in [4.78, 5) is 8.82. The van der Waals surface area contributed by atoms with E-state index in [2.05, 4.69) is 43.0 Å². The molecule has 100 valence electrons. The van der Waals surface area contributed by atoms with E-state index >= 15 is 0 Å². The molecule has 0 radical (unpaired) electrons. The SMILES string of the molecule is CC(C)c1nc(N)cc(NC2CCC(C)C2C)n1. The average Bonchev–Trinajstić information content (AvgIpc) is 2.60. The largest absolute Gasteiger partial charge is 0.384 e. The predicted octanol–water partition coefficient (Wildman–Crippen LogP) is 3.03. The monoisotopic (exact) mass is 248 g/mol. The van der Waals surface area contributed by atoms with Crippen molar-refractivity contribution in [2.24, 2.45) is 11.8 Å².